The lowest BCUT2D eigenvalue weighted by molar-refractivity contribution is 0.665. The highest BCUT2D eigenvalue weighted by Gasteiger charge is 2.09. The zero-order valence-electron chi connectivity index (χ0n) is 12.8. The van der Waals surface area contributed by atoms with Crippen molar-refractivity contribution in [3.63, 3.8) is 0 Å². The Bertz CT molecular complexity index is 492. The summed E-state index contributed by atoms with van der Waals surface area (Å²) >= 11 is 0. The number of rotatable bonds is 6. The Morgan fingerprint density at radius 3 is 2.68 bits per heavy atom. The molecular formula is C16H25N3. The van der Waals surface area contributed by atoms with Crippen LogP contribution in [0.5, 0.6) is 0 Å². The predicted molar refractivity (Wildman–Crippen MR) is 82.5 cm³/mol. The summed E-state index contributed by atoms with van der Waals surface area (Å²) in [6, 6.07) is 0. The molecule has 1 atom stereocenters. The van der Waals surface area contributed by atoms with Crippen molar-refractivity contribution in [3.8, 4) is 0 Å². The first-order chi connectivity index (χ1) is 8.97. The van der Waals surface area contributed by atoms with E-state index in [1.807, 2.05) is 13.0 Å². The van der Waals surface area contributed by atoms with Gasteiger partial charge in [-0.1, -0.05) is 25.5 Å². The number of nitrogens with zero attached hydrogens (tertiary/aromatic N) is 3. The summed E-state index contributed by atoms with van der Waals surface area (Å²) in [5, 5.41) is 0. The fourth-order valence-electron chi connectivity index (χ4n) is 1.94. The van der Waals surface area contributed by atoms with Crippen molar-refractivity contribution < 1.29 is 0 Å². The van der Waals surface area contributed by atoms with Crippen LogP contribution in [-0.2, 0) is 19.9 Å². The van der Waals surface area contributed by atoms with Crippen molar-refractivity contribution in [2.45, 2.75) is 40.5 Å². The normalized spacial score (nSPS) is 14.6. The van der Waals surface area contributed by atoms with Crippen LogP contribution in [0.3, 0.4) is 0 Å². The Balaban J connectivity index is 2.73. The van der Waals surface area contributed by atoms with Gasteiger partial charge in [0.05, 0.1) is 5.69 Å². The Hall–Kier alpha value is -1.64. The van der Waals surface area contributed by atoms with Crippen molar-refractivity contribution in [1.29, 1.82) is 0 Å². The highest BCUT2D eigenvalue weighted by atomic mass is 15.0. The van der Waals surface area contributed by atoms with E-state index in [0.717, 1.165) is 24.4 Å². The average Bonchev–Trinajstić information content (AvgIpc) is 2.75. The van der Waals surface area contributed by atoms with Gasteiger partial charge in [0.15, 0.2) is 0 Å². The van der Waals surface area contributed by atoms with Crippen molar-refractivity contribution in [2.75, 3.05) is 0 Å². The molecule has 19 heavy (non-hydrogen) atoms. The van der Waals surface area contributed by atoms with Crippen LogP contribution in [0, 0.1) is 5.92 Å². The van der Waals surface area contributed by atoms with E-state index in [9.17, 15) is 0 Å². The van der Waals surface area contributed by atoms with Crippen LogP contribution in [0.2, 0.25) is 0 Å². The second-order valence-electron chi connectivity index (χ2n) is 5.09. The van der Waals surface area contributed by atoms with E-state index in [4.69, 9.17) is 0 Å². The van der Waals surface area contributed by atoms with E-state index in [2.05, 4.69) is 61.4 Å². The molecule has 1 aromatic heterocycles. The van der Waals surface area contributed by atoms with E-state index >= 15 is 0 Å². The molecule has 0 bridgehead atoms. The Morgan fingerprint density at radius 1 is 1.47 bits per heavy atom. The average molecular weight is 259 g/mol. The Labute approximate surface area is 116 Å². The summed E-state index contributed by atoms with van der Waals surface area (Å²) in [6.07, 6.45) is 8.22. The third-order valence-electron chi connectivity index (χ3n) is 3.47. The molecule has 1 aromatic rings. The number of imidazole rings is 1. The van der Waals surface area contributed by atoms with Gasteiger partial charge >= 0.3 is 0 Å². The van der Waals surface area contributed by atoms with Gasteiger partial charge in [0.2, 0.25) is 0 Å². The van der Waals surface area contributed by atoms with Crippen LogP contribution in [0.25, 0.3) is 0 Å². The molecule has 0 fully saturated rings. The molecule has 1 heterocycles. The monoisotopic (exact) mass is 259 g/mol. The highest BCUT2D eigenvalue weighted by molar-refractivity contribution is 5.30. The molecule has 0 radical (unpaired) electrons. The van der Waals surface area contributed by atoms with E-state index in [0.29, 0.717) is 5.92 Å². The SMILES string of the molecule is C=N/C(C)=C\C=C(/C)C(C)Cc1cn(C)c(CC)n1. The number of hydrogen-bond donors (Lipinski definition) is 0. The minimum atomic E-state index is 0.480. The number of hydrogen-bond acceptors (Lipinski definition) is 2. The third-order valence-corrected chi connectivity index (χ3v) is 3.47. The van der Waals surface area contributed by atoms with E-state index in [1.54, 1.807) is 0 Å². The molecule has 3 heteroatoms. The van der Waals surface area contributed by atoms with Crippen LogP contribution >= 0.6 is 0 Å². The van der Waals surface area contributed by atoms with Crippen LogP contribution < -0.4 is 0 Å². The molecule has 104 valence electrons. The maximum atomic E-state index is 4.65. The van der Waals surface area contributed by atoms with Gasteiger partial charge in [-0.05, 0) is 39.0 Å². The van der Waals surface area contributed by atoms with E-state index in [-0.39, 0.29) is 0 Å². The minimum Gasteiger partial charge on any atom is -0.338 e. The van der Waals surface area contributed by atoms with Crippen LogP contribution in [-0.4, -0.2) is 16.3 Å². The Kier molecular flexibility index (Phi) is 5.74. The molecule has 0 aromatic carbocycles. The smallest absolute Gasteiger partial charge is 0.108 e. The fraction of sp³-hybridized carbons (Fsp3) is 0.500. The second kappa shape index (κ2) is 7.07. The lowest BCUT2D eigenvalue weighted by atomic mass is 9.97. The molecule has 0 N–H and O–H groups in total. The molecule has 0 aliphatic rings. The maximum Gasteiger partial charge on any atom is 0.108 e. The summed E-state index contributed by atoms with van der Waals surface area (Å²) in [5.74, 6) is 1.63. The molecule has 0 aliphatic heterocycles. The number of aryl methyl sites for hydroxylation is 2. The molecule has 1 rings (SSSR count). The summed E-state index contributed by atoms with van der Waals surface area (Å²) in [4.78, 5) is 8.53. The van der Waals surface area contributed by atoms with Gasteiger partial charge in [0.25, 0.3) is 0 Å². The highest BCUT2D eigenvalue weighted by Crippen LogP contribution is 2.16. The number of aliphatic imine (C=N–C) groups is 1. The van der Waals surface area contributed by atoms with Crippen molar-refractivity contribution >= 4 is 6.72 Å². The van der Waals surface area contributed by atoms with Crippen molar-refractivity contribution in [3.05, 3.63) is 41.1 Å². The largest absolute Gasteiger partial charge is 0.338 e. The molecule has 0 spiro atoms. The quantitative estimate of drug-likeness (QED) is 0.566. The van der Waals surface area contributed by atoms with E-state index < -0.39 is 0 Å². The lowest BCUT2D eigenvalue weighted by Gasteiger charge is -2.09. The minimum absolute atomic E-state index is 0.480. The molecule has 0 saturated heterocycles. The van der Waals surface area contributed by atoms with Gasteiger partial charge in [-0.15, -0.1) is 0 Å². The topological polar surface area (TPSA) is 30.2 Å². The predicted octanol–water partition coefficient (Wildman–Crippen LogP) is 3.71. The lowest BCUT2D eigenvalue weighted by Crippen LogP contribution is -2.01. The molecule has 0 amide bonds. The maximum absolute atomic E-state index is 4.65. The zero-order chi connectivity index (χ0) is 14.4. The van der Waals surface area contributed by atoms with Gasteiger partial charge < -0.3 is 4.57 Å². The third kappa shape index (κ3) is 4.51. The van der Waals surface area contributed by atoms with Crippen LogP contribution in [0.4, 0.5) is 0 Å². The van der Waals surface area contributed by atoms with Crippen LogP contribution in [0.1, 0.15) is 39.2 Å². The Morgan fingerprint density at radius 2 is 2.16 bits per heavy atom. The van der Waals surface area contributed by atoms with E-state index in [1.165, 1.54) is 11.3 Å². The number of allylic oxidation sites excluding steroid dienone is 4. The molecular weight excluding hydrogens is 234 g/mol. The summed E-state index contributed by atoms with van der Waals surface area (Å²) in [7, 11) is 2.06. The molecule has 1 unspecified atom stereocenters. The molecule has 0 aliphatic carbocycles. The van der Waals surface area contributed by atoms with Gasteiger partial charge in [-0.25, -0.2) is 4.98 Å². The molecule has 3 nitrogen and oxygen atoms in total. The first-order valence-electron chi connectivity index (χ1n) is 6.80. The summed E-state index contributed by atoms with van der Waals surface area (Å²) in [6.45, 7) is 12.0. The first-order valence-corrected chi connectivity index (χ1v) is 6.80. The molecule has 0 saturated carbocycles. The second-order valence-corrected chi connectivity index (χ2v) is 5.09. The van der Waals surface area contributed by atoms with Gasteiger partial charge in [0, 0.05) is 25.4 Å². The summed E-state index contributed by atoms with van der Waals surface area (Å²) < 4.78 is 2.12. The standard InChI is InChI=1S/C16H25N3/c1-7-16-18-15(11-19(16)6)10-13(3)12(2)8-9-14(4)17-5/h8-9,11,13H,5,7,10H2,1-4,6H3/b12-8+,14-9-. The van der Waals surface area contributed by atoms with Crippen LogP contribution in [0.15, 0.2) is 34.6 Å². The van der Waals surface area contributed by atoms with Gasteiger partial charge in [-0.3, -0.25) is 4.99 Å². The fourth-order valence-corrected chi connectivity index (χ4v) is 1.94. The zero-order valence-corrected chi connectivity index (χ0v) is 12.8. The summed E-state index contributed by atoms with van der Waals surface area (Å²) in [5.41, 5.74) is 3.45. The van der Waals surface area contributed by atoms with Crippen molar-refractivity contribution in [2.24, 2.45) is 18.0 Å². The first kappa shape index (κ1) is 15.4. The van der Waals surface area contributed by atoms with Crippen molar-refractivity contribution in [1.82, 2.24) is 9.55 Å². The van der Waals surface area contributed by atoms with Gasteiger partial charge in [-0.2, -0.15) is 0 Å². The van der Waals surface area contributed by atoms with Gasteiger partial charge in [0.1, 0.15) is 5.82 Å². The number of aromatic nitrogens is 2.